The van der Waals surface area contributed by atoms with E-state index in [1.165, 1.54) is 17.4 Å². The third-order valence-corrected chi connectivity index (χ3v) is 5.30. The molecule has 1 aromatic carbocycles. The van der Waals surface area contributed by atoms with Crippen LogP contribution in [0.4, 0.5) is 16.0 Å². The Labute approximate surface area is 168 Å². The van der Waals surface area contributed by atoms with Crippen LogP contribution >= 0.6 is 22.9 Å². The summed E-state index contributed by atoms with van der Waals surface area (Å²) in [6.45, 7) is 3.70. The third-order valence-electron chi connectivity index (χ3n) is 3.90. The van der Waals surface area contributed by atoms with Crippen molar-refractivity contribution < 1.29 is 4.39 Å². The number of nitrogens with zero attached hydrogens (tertiary/aromatic N) is 5. The Kier molecular flexibility index (Phi) is 4.63. The largest absolute Gasteiger partial charge is 0.324 e. The molecule has 0 bridgehead atoms. The van der Waals surface area contributed by atoms with Crippen molar-refractivity contribution in [2.24, 2.45) is 0 Å². The summed E-state index contributed by atoms with van der Waals surface area (Å²) >= 11 is 7.47. The number of hydrogen-bond acceptors (Lipinski definition) is 7. The Morgan fingerprint density at radius 2 is 2.00 bits per heavy atom. The fourth-order valence-corrected chi connectivity index (χ4v) is 4.21. The maximum Gasteiger partial charge on any atom is 0.151 e. The van der Waals surface area contributed by atoms with Crippen molar-refractivity contribution in [3.05, 3.63) is 58.4 Å². The van der Waals surface area contributed by atoms with E-state index in [0.717, 1.165) is 16.5 Å². The predicted molar refractivity (Wildman–Crippen MR) is 107 cm³/mol. The van der Waals surface area contributed by atoms with Crippen molar-refractivity contribution in [3.63, 3.8) is 0 Å². The molecule has 4 rings (SSSR count). The van der Waals surface area contributed by atoms with Crippen molar-refractivity contribution >= 4 is 44.8 Å². The molecule has 0 amide bonds. The molecule has 6 nitrogen and oxygen atoms in total. The molecule has 4 aromatic rings. The van der Waals surface area contributed by atoms with E-state index in [0.29, 0.717) is 28.0 Å². The average molecular weight is 411 g/mol. The number of anilines is 2. The smallest absolute Gasteiger partial charge is 0.151 e. The monoisotopic (exact) mass is 410 g/mol. The van der Waals surface area contributed by atoms with Crippen LogP contribution in [0.1, 0.15) is 17.1 Å². The first kappa shape index (κ1) is 18.2. The highest BCUT2D eigenvalue weighted by Gasteiger charge is 2.18. The van der Waals surface area contributed by atoms with E-state index in [1.807, 2.05) is 26.0 Å². The van der Waals surface area contributed by atoms with Gasteiger partial charge in [0.2, 0.25) is 0 Å². The average Bonchev–Trinajstić information content (AvgIpc) is 3.05. The number of benzene rings is 1. The quantitative estimate of drug-likeness (QED) is 0.501. The first-order chi connectivity index (χ1) is 13.4. The van der Waals surface area contributed by atoms with Gasteiger partial charge in [-0.25, -0.2) is 24.3 Å². The molecule has 0 radical (unpaired) electrons. The molecule has 28 heavy (non-hydrogen) atoms. The topological polar surface area (TPSA) is 87.4 Å². The number of aryl methyl sites for hydroxylation is 2. The van der Waals surface area contributed by atoms with Gasteiger partial charge in [0.05, 0.1) is 32.4 Å². The van der Waals surface area contributed by atoms with Gasteiger partial charge in [0.25, 0.3) is 0 Å². The van der Waals surface area contributed by atoms with Gasteiger partial charge in [-0.2, -0.15) is 5.26 Å². The zero-order valence-corrected chi connectivity index (χ0v) is 16.4. The molecule has 0 unspecified atom stereocenters. The van der Waals surface area contributed by atoms with Crippen molar-refractivity contribution in [2.45, 2.75) is 13.8 Å². The minimum absolute atomic E-state index is 0.139. The van der Waals surface area contributed by atoms with Gasteiger partial charge in [-0.1, -0.05) is 11.6 Å². The molecule has 0 atom stereocenters. The Morgan fingerprint density at radius 3 is 2.71 bits per heavy atom. The molecule has 3 aromatic heterocycles. The van der Waals surface area contributed by atoms with Gasteiger partial charge in [-0.05, 0) is 32.0 Å². The minimum Gasteiger partial charge on any atom is -0.324 e. The van der Waals surface area contributed by atoms with Gasteiger partial charge < -0.3 is 5.32 Å². The summed E-state index contributed by atoms with van der Waals surface area (Å²) in [5.41, 5.74) is 1.81. The summed E-state index contributed by atoms with van der Waals surface area (Å²) in [5.74, 6) is 1.23. The molecule has 0 saturated carbocycles. The van der Waals surface area contributed by atoms with Crippen LogP contribution in [0.2, 0.25) is 5.02 Å². The molecular weight excluding hydrogens is 399 g/mol. The first-order valence-electron chi connectivity index (χ1n) is 8.19. The fraction of sp³-hybridized carbons (Fsp3) is 0.105. The number of halogens is 2. The highest BCUT2D eigenvalue weighted by molar-refractivity contribution is 7.22. The molecule has 1 N–H and O–H groups in total. The van der Waals surface area contributed by atoms with Gasteiger partial charge >= 0.3 is 0 Å². The number of fused-ring (bicyclic) bond motifs is 1. The molecule has 0 spiro atoms. The second kappa shape index (κ2) is 7.11. The number of hydrogen-bond donors (Lipinski definition) is 1. The summed E-state index contributed by atoms with van der Waals surface area (Å²) in [7, 11) is 0. The molecule has 0 saturated heterocycles. The van der Waals surface area contributed by atoms with Crippen LogP contribution in [0, 0.1) is 31.0 Å². The van der Waals surface area contributed by atoms with Crippen molar-refractivity contribution in [2.75, 3.05) is 5.32 Å². The van der Waals surface area contributed by atoms with Crippen LogP contribution in [0.3, 0.4) is 0 Å². The predicted octanol–water partition coefficient (Wildman–Crippen LogP) is 5.17. The van der Waals surface area contributed by atoms with E-state index < -0.39 is 5.82 Å². The van der Waals surface area contributed by atoms with Gasteiger partial charge in [-0.15, -0.1) is 11.3 Å². The second-order valence-corrected chi connectivity index (χ2v) is 7.43. The number of pyridine rings is 1. The summed E-state index contributed by atoms with van der Waals surface area (Å²) in [6, 6.07) is 8.02. The lowest BCUT2D eigenvalue weighted by Crippen LogP contribution is -2.00. The fourth-order valence-electron chi connectivity index (χ4n) is 2.80. The highest BCUT2D eigenvalue weighted by Crippen LogP contribution is 2.39. The minimum atomic E-state index is -0.590. The van der Waals surface area contributed by atoms with E-state index in [9.17, 15) is 4.39 Å². The van der Waals surface area contributed by atoms with Crippen LogP contribution in [0.25, 0.3) is 20.8 Å². The molecule has 9 heteroatoms. The lowest BCUT2D eigenvalue weighted by Gasteiger charge is -2.06. The van der Waals surface area contributed by atoms with E-state index in [4.69, 9.17) is 16.9 Å². The van der Waals surface area contributed by atoms with Crippen LogP contribution in [0.5, 0.6) is 0 Å². The van der Waals surface area contributed by atoms with Crippen LogP contribution in [0.15, 0.2) is 30.5 Å². The second-order valence-electron chi connectivity index (χ2n) is 6.02. The van der Waals surface area contributed by atoms with Crippen LogP contribution in [-0.4, -0.2) is 19.9 Å². The maximum absolute atomic E-state index is 14.5. The third kappa shape index (κ3) is 3.38. The normalized spacial score (nSPS) is 10.8. The number of thiazole rings is 1. The van der Waals surface area contributed by atoms with E-state index >= 15 is 0 Å². The molecule has 0 aliphatic carbocycles. The molecule has 0 aliphatic heterocycles. The van der Waals surface area contributed by atoms with Gasteiger partial charge in [0, 0.05) is 18.0 Å². The summed E-state index contributed by atoms with van der Waals surface area (Å²) in [5, 5.41) is 12.7. The van der Waals surface area contributed by atoms with Gasteiger partial charge in [-0.3, -0.25) is 0 Å². The van der Waals surface area contributed by atoms with Gasteiger partial charge in [0.1, 0.15) is 22.5 Å². The standard InChI is InChI=1S/C19H12ClFN6S/c1-9-5-15(25-10(2)24-9)27-18-17-14(3-4-23-18)26-19(28-17)16-12(20)6-11(8-22)7-13(16)21/h3-7H,1-2H3,(H,23,24,25,27). The summed E-state index contributed by atoms with van der Waals surface area (Å²) in [6.07, 6.45) is 1.62. The molecule has 0 fully saturated rings. The molecule has 3 heterocycles. The highest BCUT2D eigenvalue weighted by atomic mass is 35.5. The van der Waals surface area contributed by atoms with E-state index in [-0.39, 0.29) is 16.1 Å². The van der Waals surface area contributed by atoms with Crippen LogP contribution < -0.4 is 5.32 Å². The maximum atomic E-state index is 14.5. The number of aromatic nitrogens is 4. The molecule has 138 valence electrons. The van der Waals surface area contributed by atoms with Crippen molar-refractivity contribution in [1.82, 2.24) is 19.9 Å². The Hall–Kier alpha value is -3.15. The Bertz CT molecular complexity index is 1220. The zero-order valence-electron chi connectivity index (χ0n) is 14.8. The van der Waals surface area contributed by atoms with Crippen molar-refractivity contribution in [3.8, 4) is 16.6 Å². The molecule has 0 aliphatic rings. The van der Waals surface area contributed by atoms with E-state index in [1.54, 1.807) is 12.3 Å². The summed E-state index contributed by atoms with van der Waals surface area (Å²) < 4.78 is 15.3. The van der Waals surface area contributed by atoms with Crippen molar-refractivity contribution in [1.29, 1.82) is 5.26 Å². The zero-order chi connectivity index (χ0) is 19.8. The number of nitrogens with one attached hydrogen (secondary N) is 1. The summed E-state index contributed by atoms with van der Waals surface area (Å²) in [4.78, 5) is 17.5. The Morgan fingerprint density at radius 1 is 1.18 bits per heavy atom. The lowest BCUT2D eigenvalue weighted by atomic mass is 10.1. The number of rotatable bonds is 3. The SMILES string of the molecule is Cc1cc(Nc2nccc3nc(-c4c(F)cc(C#N)cc4Cl)sc23)nc(C)n1. The van der Waals surface area contributed by atoms with E-state index in [2.05, 4.69) is 25.3 Å². The lowest BCUT2D eigenvalue weighted by molar-refractivity contribution is 0.631. The number of nitriles is 1. The van der Waals surface area contributed by atoms with Crippen LogP contribution in [-0.2, 0) is 0 Å². The van der Waals surface area contributed by atoms with Gasteiger partial charge in [0.15, 0.2) is 5.82 Å². The Balaban J connectivity index is 1.81. The molecular formula is C19H12ClFN6S. The first-order valence-corrected chi connectivity index (χ1v) is 9.38.